The quantitative estimate of drug-likeness (QED) is 0.582. The van der Waals surface area contributed by atoms with Crippen molar-refractivity contribution < 1.29 is 4.74 Å². The average molecular weight is 205 g/mol. The van der Waals surface area contributed by atoms with Crippen molar-refractivity contribution in [1.82, 2.24) is 0 Å². The van der Waals surface area contributed by atoms with E-state index in [1.54, 1.807) is 0 Å². The van der Waals surface area contributed by atoms with Gasteiger partial charge in [0, 0.05) is 5.56 Å². The van der Waals surface area contributed by atoms with Crippen LogP contribution in [0.15, 0.2) is 24.3 Å². The summed E-state index contributed by atoms with van der Waals surface area (Å²) in [7, 11) is 0. The van der Waals surface area contributed by atoms with E-state index < -0.39 is 0 Å². The van der Waals surface area contributed by atoms with Gasteiger partial charge in [0.1, 0.15) is 0 Å². The van der Waals surface area contributed by atoms with Crippen LogP contribution in [0.1, 0.15) is 31.9 Å². The van der Waals surface area contributed by atoms with Crippen LogP contribution in [0.2, 0.25) is 0 Å². The second kappa shape index (κ2) is 4.47. The van der Waals surface area contributed by atoms with Crippen LogP contribution >= 0.6 is 0 Å². The van der Waals surface area contributed by atoms with Crippen LogP contribution in [0.5, 0.6) is 0 Å². The van der Waals surface area contributed by atoms with Gasteiger partial charge in [0.05, 0.1) is 6.61 Å². The first-order valence-corrected chi connectivity index (χ1v) is 5.17. The lowest BCUT2D eigenvalue weighted by Gasteiger charge is -2.19. The van der Waals surface area contributed by atoms with Gasteiger partial charge in [0.2, 0.25) is 5.90 Å². The van der Waals surface area contributed by atoms with E-state index in [0.29, 0.717) is 6.61 Å². The lowest BCUT2D eigenvalue weighted by molar-refractivity contribution is 0.186. The predicted molar refractivity (Wildman–Crippen MR) is 63.4 cm³/mol. The minimum Gasteiger partial charge on any atom is -0.477 e. The SMILES string of the molecule is Cc1ccccc1C(=N)OCC(C)(C)C. The van der Waals surface area contributed by atoms with Gasteiger partial charge in [-0.05, 0) is 24.0 Å². The summed E-state index contributed by atoms with van der Waals surface area (Å²) < 4.78 is 5.46. The van der Waals surface area contributed by atoms with Crippen LogP contribution < -0.4 is 0 Å². The molecule has 0 unspecified atom stereocenters. The van der Waals surface area contributed by atoms with Gasteiger partial charge in [-0.25, -0.2) is 0 Å². The number of hydrogen-bond donors (Lipinski definition) is 1. The van der Waals surface area contributed by atoms with E-state index in [9.17, 15) is 0 Å². The smallest absolute Gasteiger partial charge is 0.213 e. The lowest BCUT2D eigenvalue weighted by Crippen LogP contribution is -2.18. The molecule has 1 N–H and O–H groups in total. The number of nitrogens with one attached hydrogen (secondary N) is 1. The number of hydrogen-bond acceptors (Lipinski definition) is 2. The highest BCUT2D eigenvalue weighted by molar-refractivity contribution is 5.93. The number of aryl methyl sites for hydroxylation is 1. The summed E-state index contributed by atoms with van der Waals surface area (Å²) in [5.41, 5.74) is 2.05. The molecular weight excluding hydrogens is 186 g/mol. The fourth-order valence-electron chi connectivity index (χ4n) is 1.19. The minimum absolute atomic E-state index is 0.0922. The molecule has 0 bridgehead atoms. The second-order valence-electron chi connectivity index (χ2n) is 4.99. The van der Waals surface area contributed by atoms with Gasteiger partial charge in [-0.1, -0.05) is 39.0 Å². The summed E-state index contributed by atoms with van der Waals surface area (Å²) in [6.07, 6.45) is 0. The van der Waals surface area contributed by atoms with Crippen molar-refractivity contribution in [2.24, 2.45) is 5.41 Å². The van der Waals surface area contributed by atoms with E-state index >= 15 is 0 Å². The van der Waals surface area contributed by atoms with E-state index in [2.05, 4.69) is 20.8 Å². The number of rotatable bonds is 2. The first-order chi connectivity index (χ1) is 6.90. The van der Waals surface area contributed by atoms with Gasteiger partial charge >= 0.3 is 0 Å². The van der Waals surface area contributed by atoms with Gasteiger partial charge < -0.3 is 4.74 Å². The molecule has 0 saturated carbocycles. The van der Waals surface area contributed by atoms with Crippen LogP contribution in [0.25, 0.3) is 0 Å². The molecule has 0 aliphatic rings. The van der Waals surface area contributed by atoms with Gasteiger partial charge in [-0.3, -0.25) is 5.41 Å². The Kier molecular flexibility index (Phi) is 3.51. The summed E-state index contributed by atoms with van der Waals surface area (Å²) in [5.74, 6) is 0.267. The molecule has 82 valence electrons. The molecule has 0 aliphatic carbocycles. The van der Waals surface area contributed by atoms with Crippen molar-refractivity contribution in [3.8, 4) is 0 Å². The fraction of sp³-hybridized carbons (Fsp3) is 0.462. The normalized spacial score (nSPS) is 11.2. The summed E-state index contributed by atoms with van der Waals surface area (Å²) in [6, 6.07) is 7.80. The van der Waals surface area contributed by atoms with Crippen molar-refractivity contribution in [2.75, 3.05) is 6.61 Å². The molecule has 2 heteroatoms. The standard InChI is InChI=1S/C13H19NO/c1-10-7-5-6-8-11(10)12(14)15-9-13(2,3)4/h5-8,14H,9H2,1-4H3. The van der Waals surface area contributed by atoms with Gasteiger partial charge in [0.15, 0.2) is 0 Å². The average Bonchev–Trinajstić information content (AvgIpc) is 2.14. The molecule has 0 atom stereocenters. The van der Waals surface area contributed by atoms with Crippen molar-refractivity contribution in [3.05, 3.63) is 35.4 Å². The first kappa shape index (κ1) is 11.8. The monoisotopic (exact) mass is 205 g/mol. The fourth-order valence-corrected chi connectivity index (χ4v) is 1.19. The summed E-state index contributed by atoms with van der Waals surface area (Å²) in [4.78, 5) is 0. The first-order valence-electron chi connectivity index (χ1n) is 5.17. The molecule has 2 nitrogen and oxygen atoms in total. The molecule has 0 fully saturated rings. The molecule has 1 aromatic rings. The Morgan fingerprint density at radius 1 is 1.27 bits per heavy atom. The van der Waals surface area contributed by atoms with Crippen molar-refractivity contribution in [2.45, 2.75) is 27.7 Å². The Hall–Kier alpha value is -1.31. The number of benzene rings is 1. The molecule has 1 rings (SSSR count). The molecular formula is C13H19NO. The molecule has 0 aliphatic heterocycles. The highest BCUT2D eigenvalue weighted by atomic mass is 16.5. The summed E-state index contributed by atoms with van der Waals surface area (Å²) in [5, 5.41) is 7.83. The Bertz CT molecular complexity index is 350. The summed E-state index contributed by atoms with van der Waals surface area (Å²) in [6.45, 7) is 8.85. The third kappa shape index (κ3) is 3.74. The van der Waals surface area contributed by atoms with Gasteiger partial charge in [-0.15, -0.1) is 0 Å². The minimum atomic E-state index is 0.0922. The van der Waals surface area contributed by atoms with E-state index in [4.69, 9.17) is 10.1 Å². The highest BCUT2D eigenvalue weighted by Crippen LogP contribution is 2.15. The zero-order chi connectivity index (χ0) is 11.5. The topological polar surface area (TPSA) is 33.1 Å². The van der Waals surface area contributed by atoms with Crippen LogP contribution in [0.4, 0.5) is 0 Å². The second-order valence-corrected chi connectivity index (χ2v) is 4.99. The molecule has 1 aromatic carbocycles. The Morgan fingerprint density at radius 3 is 2.40 bits per heavy atom. The Labute approximate surface area is 91.8 Å². The van der Waals surface area contributed by atoms with Gasteiger partial charge in [-0.2, -0.15) is 0 Å². The molecule has 0 radical (unpaired) electrons. The summed E-state index contributed by atoms with van der Waals surface area (Å²) >= 11 is 0. The molecule has 0 amide bonds. The number of ether oxygens (including phenoxy) is 1. The van der Waals surface area contributed by atoms with E-state index in [1.165, 1.54) is 0 Å². The highest BCUT2D eigenvalue weighted by Gasteiger charge is 2.13. The van der Waals surface area contributed by atoms with Crippen molar-refractivity contribution in [3.63, 3.8) is 0 Å². The van der Waals surface area contributed by atoms with Crippen LogP contribution in [0.3, 0.4) is 0 Å². The van der Waals surface area contributed by atoms with E-state index in [0.717, 1.165) is 11.1 Å². The Balaban J connectivity index is 2.66. The molecule has 0 saturated heterocycles. The zero-order valence-electron chi connectivity index (χ0n) is 9.92. The molecule has 0 aromatic heterocycles. The van der Waals surface area contributed by atoms with E-state index in [1.807, 2.05) is 31.2 Å². The largest absolute Gasteiger partial charge is 0.477 e. The molecule has 0 heterocycles. The van der Waals surface area contributed by atoms with Crippen molar-refractivity contribution >= 4 is 5.90 Å². The third-order valence-corrected chi connectivity index (χ3v) is 2.04. The van der Waals surface area contributed by atoms with Crippen LogP contribution in [-0.2, 0) is 4.74 Å². The maximum atomic E-state index is 7.83. The Morgan fingerprint density at radius 2 is 1.87 bits per heavy atom. The maximum Gasteiger partial charge on any atom is 0.213 e. The third-order valence-electron chi connectivity index (χ3n) is 2.04. The van der Waals surface area contributed by atoms with Crippen molar-refractivity contribution in [1.29, 1.82) is 5.41 Å². The van der Waals surface area contributed by atoms with Crippen LogP contribution in [0, 0.1) is 17.7 Å². The predicted octanol–water partition coefficient (Wildman–Crippen LogP) is 3.38. The molecule has 15 heavy (non-hydrogen) atoms. The van der Waals surface area contributed by atoms with Gasteiger partial charge in [0.25, 0.3) is 0 Å². The van der Waals surface area contributed by atoms with E-state index in [-0.39, 0.29) is 11.3 Å². The molecule has 0 spiro atoms. The maximum absolute atomic E-state index is 7.83. The zero-order valence-corrected chi connectivity index (χ0v) is 9.92. The lowest BCUT2D eigenvalue weighted by atomic mass is 9.98. The van der Waals surface area contributed by atoms with Crippen LogP contribution in [-0.4, -0.2) is 12.5 Å².